The number of nitrogens with zero attached hydrogens (tertiary/aromatic N) is 2. The molecule has 1 saturated heterocycles. The van der Waals surface area contributed by atoms with Crippen molar-refractivity contribution in [2.24, 2.45) is 5.92 Å². The highest BCUT2D eigenvalue weighted by molar-refractivity contribution is 6.02. The van der Waals surface area contributed by atoms with Gasteiger partial charge in [-0.3, -0.25) is 19.0 Å². The van der Waals surface area contributed by atoms with E-state index in [1.54, 1.807) is 25.1 Å². The molecule has 0 bridgehead atoms. The summed E-state index contributed by atoms with van der Waals surface area (Å²) < 4.78 is 1.36. The standard InChI is InChI=1S/C18H20N4O4/c1-9-19-11-3-2-4-12(20-16(24)10-5-6-10)15(11)18(26)22(9)13-7-8-14(23)21-17(13)25/h2-4,10,13-14,23H,5-8H2,1H3,(H,20,24)(H,21,25). The zero-order valence-electron chi connectivity index (χ0n) is 14.4. The number of rotatable bonds is 3. The highest BCUT2D eigenvalue weighted by Crippen LogP contribution is 2.31. The number of benzene rings is 1. The zero-order valence-corrected chi connectivity index (χ0v) is 14.4. The predicted octanol–water partition coefficient (Wildman–Crippen LogP) is 0.823. The van der Waals surface area contributed by atoms with Crippen LogP contribution in [-0.2, 0) is 9.59 Å². The summed E-state index contributed by atoms with van der Waals surface area (Å²) in [4.78, 5) is 42.1. The summed E-state index contributed by atoms with van der Waals surface area (Å²) in [6, 6.07) is 4.40. The molecule has 1 aromatic carbocycles. The molecule has 0 radical (unpaired) electrons. The van der Waals surface area contributed by atoms with Gasteiger partial charge in [0.05, 0.1) is 16.6 Å². The normalized spacial score (nSPS) is 22.9. The zero-order chi connectivity index (χ0) is 18.4. The van der Waals surface area contributed by atoms with Crippen LogP contribution in [0.3, 0.4) is 0 Å². The van der Waals surface area contributed by atoms with Crippen LogP contribution in [0.25, 0.3) is 10.9 Å². The van der Waals surface area contributed by atoms with E-state index in [-0.39, 0.29) is 17.4 Å². The maximum Gasteiger partial charge on any atom is 0.264 e. The lowest BCUT2D eigenvalue weighted by Crippen LogP contribution is -2.47. The molecule has 2 aromatic rings. The Morgan fingerprint density at radius 1 is 1.27 bits per heavy atom. The van der Waals surface area contributed by atoms with E-state index in [9.17, 15) is 19.5 Å². The minimum Gasteiger partial charge on any atom is -0.374 e. The third kappa shape index (κ3) is 2.86. The van der Waals surface area contributed by atoms with Crippen LogP contribution in [-0.4, -0.2) is 32.7 Å². The quantitative estimate of drug-likeness (QED) is 0.754. The monoisotopic (exact) mass is 356 g/mol. The van der Waals surface area contributed by atoms with Crippen LogP contribution in [0.4, 0.5) is 5.69 Å². The molecule has 136 valence electrons. The smallest absolute Gasteiger partial charge is 0.264 e. The Morgan fingerprint density at radius 2 is 2.04 bits per heavy atom. The molecule has 8 heteroatoms. The number of carbonyl (C=O) groups excluding carboxylic acids is 2. The van der Waals surface area contributed by atoms with Crippen LogP contribution >= 0.6 is 0 Å². The topological polar surface area (TPSA) is 113 Å². The van der Waals surface area contributed by atoms with Crippen LogP contribution in [0.1, 0.15) is 37.5 Å². The molecule has 4 rings (SSSR count). The van der Waals surface area contributed by atoms with Crippen LogP contribution in [0.2, 0.25) is 0 Å². The predicted molar refractivity (Wildman–Crippen MR) is 94.5 cm³/mol. The summed E-state index contributed by atoms with van der Waals surface area (Å²) in [5.74, 6) is -0.0710. The van der Waals surface area contributed by atoms with Gasteiger partial charge in [-0.1, -0.05) is 6.07 Å². The molecule has 0 spiro atoms. The van der Waals surface area contributed by atoms with Crippen LogP contribution in [0, 0.1) is 12.8 Å². The highest BCUT2D eigenvalue weighted by Gasteiger charge is 2.32. The molecule has 2 heterocycles. The Bertz CT molecular complexity index is 964. The number of aliphatic hydroxyl groups excluding tert-OH is 1. The van der Waals surface area contributed by atoms with E-state index < -0.39 is 18.2 Å². The molecule has 3 N–H and O–H groups in total. The van der Waals surface area contributed by atoms with E-state index in [0.29, 0.717) is 35.3 Å². The molecule has 2 amide bonds. The summed E-state index contributed by atoms with van der Waals surface area (Å²) in [6.07, 6.45) is 1.54. The van der Waals surface area contributed by atoms with E-state index in [2.05, 4.69) is 15.6 Å². The first-order valence-corrected chi connectivity index (χ1v) is 8.77. The van der Waals surface area contributed by atoms with Crippen molar-refractivity contribution in [3.63, 3.8) is 0 Å². The van der Waals surface area contributed by atoms with Gasteiger partial charge in [-0.25, -0.2) is 4.98 Å². The Hall–Kier alpha value is -2.74. The maximum absolute atomic E-state index is 13.2. The van der Waals surface area contributed by atoms with Gasteiger partial charge in [0.2, 0.25) is 11.8 Å². The van der Waals surface area contributed by atoms with Crippen molar-refractivity contribution in [1.82, 2.24) is 14.9 Å². The molecule has 2 unspecified atom stereocenters. The Balaban J connectivity index is 1.82. The number of anilines is 1. The molecule has 26 heavy (non-hydrogen) atoms. The fourth-order valence-corrected chi connectivity index (χ4v) is 3.43. The van der Waals surface area contributed by atoms with Crippen LogP contribution < -0.4 is 16.2 Å². The van der Waals surface area contributed by atoms with Crippen LogP contribution in [0.5, 0.6) is 0 Å². The van der Waals surface area contributed by atoms with Crippen molar-refractivity contribution in [2.45, 2.75) is 44.9 Å². The van der Waals surface area contributed by atoms with E-state index in [1.165, 1.54) is 4.57 Å². The molecule has 8 nitrogen and oxygen atoms in total. The first kappa shape index (κ1) is 16.7. The number of nitrogens with one attached hydrogen (secondary N) is 2. The average molecular weight is 356 g/mol. The third-order valence-corrected chi connectivity index (χ3v) is 4.95. The number of hydrogen-bond acceptors (Lipinski definition) is 5. The second kappa shape index (κ2) is 6.21. The molecule has 1 aromatic heterocycles. The van der Waals surface area contributed by atoms with Crippen molar-refractivity contribution in [1.29, 1.82) is 0 Å². The van der Waals surface area contributed by atoms with Gasteiger partial charge in [0, 0.05) is 5.92 Å². The van der Waals surface area contributed by atoms with Crippen molar-refractivity contribution < 1.29 is 14.7 Å². The van der Waals surface area contributed by atoms with Gasteiger partial charge in [-0.05, 0) is 44.7 Å². The number of carbonyl (C=O) groups is 2. The fourth-order valence-electron chi connectivity index (χ4n) is 3.43. The Morgan fingerprint density at radius 3 is 2.73 bits per heavy atom. The molecular formula is C18H20N4O4. The maximum atomic E-state index is 13.2. The van der Waals surface area contributed by atoms with Crippen LogP contribution in [0.15, 0.2) is 23.0 Å². The minimum atomic E-state index is -0.892. The molecule has 1 saturated carbocycles. The van der Waals surface area contributed by atoms with Gasteiger partial charge >= 0.3 is 0 Å². The number of amides is 2. The highest BCUT2D eigenvalue weighted by atomic mass is 16.3. The van der Waals surface area contributed by atoms with E-state index in [0.717, 1.165) is 12.8 Å². The lowest BCUT2D eigenvalue weighted by atomic mass is 10.0. The number of fused-ring (bicyclic) bond motifs is 1. The van der Waals surface area contributed by atoms with E-state index >= 15 is 0 Å². The Kier molecular flexibility index (Phi) is 3.99. The van der Waals surface area contributed by atoms with Gasteiger partial charge in [0.1, 0.15) is 18.1 Å². The molecular weight excluding hydrogens is 336 g/mol. The Labute approximate surface area is 149 Å². The summed E-state index contributed by atoms with van der Waals surface area (Å²) in [5.41, 5.74) is 0.534. The lowest BCUT2D eigenvalue weighted by molar-refractivity contribution is -0.130. The van der Waals surface area contributed by atoms with Crippen molar-refractivity contribution in [3.8, 4) is 0 Å². The van der Waals surface area contributed by atoms with Gasteiger partial charge in [-0.15, -0.1) is 0 Å². The first-order valence-electron chi connectivity index (χ1n) is 8.77. The summed E-state index contributed by atoms with van der Waals surface area (Å²) in [6.45, 7) is 1.68. The van der Waals surface area contributed by atoms with E-state index in [4.69, 9.17) is 0 Å². The van der Waals surface area contributed by atoms with Crippen molar-refractivity contribution >= 4 is 28.4 Å². The number of hydrogen-bond donors (Lipinski definition) is 3. The minimum absolute atomic E-state index is 0.0106. The summed E-state index contributed by atoms with van der Waals surface area (Å²) >= 11 is 0. The SMILES string of the molecule is Cc1nc2cccc(NC(=O)C3CC3)c2c(=O)n1C1CCC(O)NC1=O. The third-order valence-electron chi connectivity index (χ3n) is 4.95. The largest absolute Gasteiger partial charge is 0.374 e. The molecule has 2 atom stereocenters. The van der Waals surface area contributed by atoms with Gasteiger partial charge in [-0.2, -0.15) is 0 Å². The number of aromatic nitrogens is 2. The first-order chi connectivity index (χ1) is 12.5. The average Bonchev–Trinajstić information content (AvgIpc) is 3.41. The fraction of sp³-hybridized carbons (Fsp3) is 0.444. The van der Waals surface area contributed by atoms with E-state index in [1.807, 2.05) is 0 Å². The summed E-state index contributed by atoms with van der Waals surface area (Å²) in [7, 11) is 0. The molecule has 2 fully saturated rings. The lowest BCUT2D eigenvalue weighted by Gasteiger charge is -2.28. The van der Waals surface area contributed by atoms with Crippen molar-refractivity contribution in [2.75, 3.05) is 5.32 Å². The number of aliphatic hydroxyl groups is 1. The number of piperidine rings is 1. The second-order valence-electron chi connectivity index (χ2n) is 6.91. The molecule has 1 aliphatic carbocycles. The molecule has 1 aliphatic heterocycles. The van der Waals surface area contributed by atoms with Crippen molar-refractivity contribution in [3.05, 3.63) is 34.4 Å². The van der Waals surface area contributed by atoms with Gasteiger partial charge < -0.3 is 15.7 Å². The number of aryl methyl sites for hydroxylation is 1. The summed E-state index contributed by atoms with van der Waals surface area (Å²) in [5, 5.41) is 15.2. The van der Waals surface area contributed by atoms with Gasteiger partial charge in [0.25, 0.3) is 5.56 Å². The van der Waals surface area contributed by atoms with Gasteiger partial charge in [0.15, 0.2) is 0 Å². The molecule has 2 aliphatic rings. The second-order valence-corrected chi connectivity index (χ2v) is 6.91.